The van der Waals surface area contributed by atoms with Crippen LogP contribution in [0.25, 0.3) is 0 Å². The molecule has 4 nitrogen and oxygen atoms in total. The summed E-state index contributed by atoms with van der Waals surface area (Å²) in [6.45, 7) is 6.93. The topological polar surface area (TPSA) is 57.6 Å². The number of hydrogen-bond donors (Lipinski definition) is 1. The predicted octanol–water partition coefficient (Wildman–Crippen LogP) is 3.30. The van der Waals surface area contributed by atoms with Crippen molar-refractivity contribution in [2.24, 2.45) is 17.3 Å². The SMILES string of the molecule is CC1CCN(C(=O)CC(C)(C)CC(=O)O)C2CCCCC12. The molecule has 4 heteroatoms. The van der Waals surface area contributed by atoms with E-state index in [4.69, 9.17) is 5.11 Å². The van der Waals surface area contributed by atoms with Crippen LogP contribution in [0.5, 0.6) is 0 Å². The molecule has 1 aliphatic heterocycles. The fourth-order valence-electron chi connectivity index (χ4n) is 4.21. The second-order valence-corrected chi connectivity index (χ2v) is 7.78. The lowest BCUT2D eigenvalue weighted by Gasteiger charge is -2.48. The number of rotatable bonds is 4. The Balaban J connectivity index is 2.02. The van der Waals surface area contributed by atoms with Crippen molar-refractivity contribution in [1.29, 1.82) is 0 Å². The highest BCUT2D eigenvalue weighted by atomic mass is 16.4. The standard InChI is InChI=1S/C17H29NO3/c1-12-8-9-18(14-7-5-4-6-13(12)14)15(19)10-17(2,3)11-16(20)21/h12-14H,4-11H2,1-3H3,(H,20,21). The Morgan fingerprint density at radius 2 is 1.81 bits per heavy atom. The number of carbonyl (C=O) groups is 2. The molecule has 3 atom stereocenters. The Morgan fingerprint density at radius 3 is 2.48 bits per heavy atom. The molecular weight excluding hydrogens is 266 g/mol. The number of piperidine rings is 1. The highest BCUT2D eigenvalue weighted by Gasteiger charge is 2.40. The van der Waals surface area contributed by atoms with Gasteiger partial charge >= 0.3 is 5.97 Å². The van der Waals surface area contributed by atoms with Crippen LogP contribution in [0.1, 0.15) is 65.7 Å². The molecule has 3 unspecified atom stereocenters. The van der Waals surface area contributed by atoms with Crippen molar-refractivity contribution in [2.45, 2.75) is 71.8 Å². The first-order valence-corrected chi connectivity index (χ1v) is 8.31. The van der Waals surface area contributed by atoms with Gasteiger partial charge < -0.3 is 10.0 Å². The van der Waals surface area contributed by atoms with Gasteiger partial charge in [-0.05, 0) is 36.5 Å². The summed E-state index contributed by atoms with van der Waals surface area (Å²) in [7, 11) is 0. The summed E-state index contributed by atoms with van der Waals surface area (Å²) in [5.41, 5.74) is -0.462. The van der Waals surface area contributed by atoms with Crippen molar-refractivity contribution in [1.82, 2.24) is 4.90 Å². The average Bonchev–Trinajstić information content (AvgIpc) is 2.37. The van der Waals surface area contributed by atoms with Crippen molar-refractivity contribution in [3.05, 3.63) is 0 Å². The van der Waals surface area contributed by atoms with E-state index in [1.54, 1.807) is 0 Å². The third-order valence-electron chi connectivity index (χ3n) is 5.32. The molecule has 2 aliphatic rings. The van der Waals surface area contributed by atoms with Crippen LogP contribution < -0.4 is 0 Å². The van der Waals surface area contributed by atoms with E-state index in [1.165, 1.54) is 19.3 Å². The van der Waals surface area contributed by atoms with Gasteiger partial charge in [0, 0.05) is 19.0 Å². The normalized spacial score (nSPS) is 29.9. The number of carbonyl (C=O) groups excluding carboxylic acids is 1. The van der Waals surface area contributed by atoms with Gasteiger partial charge in [-0.15, -0.1) is 0 Å². The van der Waals surface area contributed by atoms with Crippen LogP contribution >= 0.6 is 0 Å². The monoisotopic (exact) mass is 295 g/mol. The number of carboxylic acids is 1. The predicted molar refractivity (Wildman–Crippen MR) is 81.9 cm³/mol. The van der Waals surface area contributed by atoms with Gasteiger partial charge in [0.15, 0.2) is 0 Å². The van der Waals surface area contributed by atoms with E-state index in [0.717, 1.165) is 19.4 Å². The van der Waals surface area contributed by atoms with Crippen LogP contribution in [-0.2, 0) is 9.59 Å². The molecule has 0 aromatic rings. The molecule has 2 rings (SSSR count). The summed E-state index contributed by atoms with van der Waals surface area (Å²) in [5.74, 6) is 0.700. The average molecular weight is 295 g/mol. The zero-order chi connectivity index (χ0) is 15.6. The molecule has 1 amide bonds. The first kappa shape index (κ1) is 16.3. The van der Waals surface area contributed by atoms with Gasteiger partial charge in [-0.3, -0.25) is 9.59 Å². The maximum atomic E-state index is 12.7. The molecule has 1 saturated heterocycles. The van der Waals surface area contributed by atoms with Gasteiger partial charge in [-0.1, -0.05) is 33.6 Å². The van der Waals surface area contributed by atoms with E-state index >= 15 is 0 Å². The number of aliphatic carboxylic acids is 1. The number of carboxylic acid groups (broad SMARTS) is 1. The Labute approximate surface area is 127 Å². The third kappa shape index (κ3) is 3.98. The number of amides is 1. The summed E-state index contributed by atoms with van der Waals surface area (Å²) in [6.07, 6.45) is 6.36. The van der Waals surface area contributed by atoms with Crippen LogP contribution in [0.4, 0.5) is 0 Å². The number of nitrogens with zero attached hydrogens (tertiary/aromatic N) is 1. The van der Waals surface area contributed by atoms with Gasteiger partial charge in [0.25, 0.3) is 0 Å². The van der Waals surface area contributed by atoms with Crippen LogP contribution in [-0.4, -0.2) is 34.5 Å². The molecule has 2 fully saturated rings. The molecule has 0 aromatic heterocycles. The number of hydrogen-bond acceptors (Lipinski definition) is 2. The number of likely N-dealkylation sites (tertiary alicyclic amines) is 1. The van der Waals surface area contributed by atoms with E-state index < -0.39 is 11.4 Å². The van der Waals surface area contributed by atoms with Crippen molar-refractivity contribution < 1.29 is 14.7 Å². The first-order chi connectivity index (χ1) is 9.80. The highest BCUT2D eigenvalue weighted by Crippen LogP contribution is 2.39. The minimum atomic E-state index is -0.824. The fraction of sp³-hybridized carbons (Fsp3) is 0.882. The maximum Gasteiger partial charge on any atom is 0.303 e. The molecule has 1 saturated carbocycles. The van der Waals surface area contributed by atoms with Gasteiger partial charge in [-0.2, -0.15) is 0 Å². The molecule has 0 radical (unpaired) electrons. The van der Waals surface area contributed by atoms with E-state index in [-0.39, 0.29) is 12.3 Å². The molecular formula is C17H29NO3. The second-order valence-electron chi connectivity index (χ2n) is 7.78. The highest BCUT2D eigenvalue weighted by molar-refractivity contribution is 5.78. The molecule has 0 aromatic carbocycles. The number of fused-ring (bicyclic) bond motifs is 1. The minimum Gasteiger partial charge on any atom is -0.481 e. The summed E-state index contributed by atoms with van der Waals surface area (Å²) in [4.78, 5) is 25.7. The van der Waals surface area contributed by atoms with Crippen molar-refractivity contribution >= 4 is 11.9 Å². The van der Waals surface area contributed by atoms with Crippen LogP contribution in [0.15, 0.2) is 0 Å². The van der Waals surface area contributed by atoms with Gasteiger partial charge in [0.05, 0.1) is 6.42 Å². The van der Waals surface area contributed by atoms with Crippen LogP contribution in [0.2, 0.25) is 0 Å². The van der Waals surface area contributed by atoms with E-state index in [2.05, 4.69) is 11.8 Å². The smallest absolute Gasteiger partial charge is 0.303 e. The molecule has 120 valence electrons. The maximum absolute atomic E-state index is 12.7. The largest absolute Gasteiger partial charge is 0.481 e. The lowest BCUT2D eigenvalue weighted by atomic mass is 9.72. The van der Waals surface area contributed by atoms with E-state index in [0.29, 0.717) is 24.3 Å². The molecule has 1 aliphatic carbocycles. The lowest BCUT2D eigenvalue weighted by Crippen LogP contribution is -2.53. The van der Waals surface area contributed by atoms with Gasteiger partial charge in [-0.25, -0.2) is 0 Å². The Hall–Kier alpha value is -1.06. The Kier molecular flexibility index (Phi) is 4.95. The third-order valence-corrected chi connectivity index (χ3v) is 5.32. The first-order valence-electron chi connectivity index (χ1n) is 8.31. The van der Waals surface area contributed by atoms with Crippen LogP contribution in [0, 0.1) is 17.3 Å². The zero-order valence-electron chi connectivity index (χ0n) is 13.6. The molecule has 21 heavy (non-hydrogen) atoms. The summed E-state index contributed by atoms with van der Waals surface area (Å²) in [6, 6.07) is 0.399. The van der Waals surface area contributed by atoms with E-state index in [1.807, 2.05) is 13.8 Å². The molecule has 0 spiro atoms. The zero-order valence-corrected chi connectivity index (χ0v) is 13.6. The Bertz CT molecular complexity index is 405. The van der Waals surface area contributed by atoms with Crippen LogP contribution in [0.3, 0.4) is 0 Å². The van der Waals surface area contributed by atoms with Crippen molar-refractivity contribution in [3.63, 3.8) is 0 Å². The van der Waals surface area contributed by atoms with Gasteiger partial charge in [0.2, 0.25) is 5.91 Å². The minimum absolute atomic E-state index is 0.0527. The quantitative estimate of drug-likeness (QED) is 0.865. The fourth-order valence-corrected chi connectivity index (χ4v) is 4.21. The lowest BCUT2D eigenvalue weighted by molar-refractivity contribution is -0.143. The van der Waals surface area contributed by atoms with Crippen molar-refractivity contribution in [3.8, 4) is 0 Å². The van der Waals surface area contributed by atoms with E-state index in [9.17, 15) is 9.59 Å². The molecule has 0 bridgehead atoms. The molecule has 1 N–H and O–H groups in total. The summed E-state index contributed by atoms with van der Waals surface area (Å²) in [5, 5.41) is 8.97. The Morgan fingerprint density at radius 1 is 1.14 bits per heavy atom. The summed E-state index contributed by atoms with van der Waals surface area (Å²) < 4.78 is 0. The molecule has 1 heterocycles. The summed E-state index contributed by atoms with van der Waals surface area (Å²) >= 11 is 0. The van der Waals surface area contributed by atoms with Gasteiger partial charge in [0.1, 0.15) is 0 Å². The van der Waals surface area contributed by atoms with Crippen molar-refractivity contribution in [2.75, 3.05) is 6.54 Å². The second kappa shape index (κ2) is 6.37.